The molecule has 0 spiro atoms. The molecular formula is C26H37ClN2O5S. The van der Waals surface area contributed by atoms with Crippen LogP contribution in [-0.4, -0.2) is 60.7 Å². The zero-order chi connectivity index (χ0) is 26.1. The van der Waals surface area contributed by atoms with Gasteiger partial charge < -0.3 is 15.5 Å². The van der Waals surface area contributed by atoms with Crippen molar-refractivity contribution in [3.8, 4) is 0 Å². The molecule has 194 valence electrons. The summed E-state index contributed by atoms with van der Waals surface area (Å²) in [6.07, 6.45) is 2.91. The summed E-state index contributed by atoms with van der Waals surface area (Å²) in [7, 11) is -2.41. The molecule has 0 saturated carbocycles. The molecule has 2 aromatic carbocycles. The molecular weight excluding hydrogens is 488 g/mol. The molecule has 0 amide bonds. The monoisotopic (exact) mass is 524 g/mol. The second-order valence-corrected chi connectivity index (χ2v) is 12.0. The molecule has 0 aliphatic carbocycles. The Bertz CT molecular complexity index is 1060. The topological polar surface area (TPSA) is 107 Å². The van der Waals surface area contributed by atoms with E-state index in [-0.39, 0.29) is 35.0 Å². The maximum atomic E-state index is 13.0. The fraction of sp³-hybridized carbons (Fsp3) is 0.500. The molecule has 0 aliphatic heterocycles. The second kappa shape index (κ2) is 13.4. The molecule has 1 unspecified atom stereocenters. The van der Waals surface area contributed by atoms with E-state index in [0.29, 0.717) is 18.4 Å². The molecule has 9 heteroatoms. The van der Waals surface area contributed by atoms with Crippen molar-refractivity contribution in [1.82, 2.24) is 9.62 Å². The number of carboxylic acid groups (broad SMARTS) is 1. The summed E-state index contributed by atoms with van der Waals surface area (Å²) >= 11 is 6.25. The standard InChI is InChI=1S/C26H37ClN2O5S/c1-26(2,16-8-11-20-9-5-4-6-10-20)28-18-22(30)19-29(3)35(33,34)23-15-14-21(24(27)17-23)12-7-13-25(31)32/h4-6,9-10,14-15,17,22,28,30H,7-8,11-13,16,18-19H2,1-3H3,(H,31,32). The van der Waals surface area contributed by atoms with Crippen molar-refractivity contribution in [2.45, 2.75) is 68.9 Å². The van der Waals surface area contributed by atoms with Gasteiger partial charge in [0, 0.05) is 37.1 Å². The second-order valence-electron chi connectivity index (χ2n) is 9.54. The Morgan fingerprint density at radius 1 is 1.11 bits per heavy atom. The molecule has 0 aliphatic rings. The third-order valence-corrected chi connectivity index (χ3v) is 8.13. The van der Waals surface area contributed by atoms with Crippen LogP contribution in [0.25, 0.3) is 0 Å². The Balaban J connectivity index is 1.85. The lowest BCUT2D eigenvalue weighted by atomic mass is 9.95. The molecule has 7 nitrogen and oxygen atoms in total. The number of sulfonamides is 1. The highest BCUT2D eigenvalue weighted by atomic mass is 35.5. The number of β-amino-alcohol motifs (C(OH)–C–C–N with tert-alkyl or cyclic N) is 1. The van der Waals surface area contributed by atoms with E-state index in [1.807, 2.05) is 18.2 Å². The van der Waals surface area contributed by atoms with Gasteiger partial charge in [0.2, 0.25) is 10.0 Å². The van der Waals surface area contributed by atoms with Crippen LogP contribution in [0.15, 0.2) is 53.4 Å². The van der Waals surface area contributed by atoms with E-state index in [0.717, 1.165) is 23.6 Å². The van der Waals surface area contributed by atoms with Crippen molar-refractivity contribution in [1.29, 1.82) is 0 Å². The minimum atomic E-state index is -3.84. The zero-order valence-corrected chi connectivity index (χ0v) is 22.3. The van der Waals surface area contributed by atoms with E-state index < -0.39 is 22.1 Å². The lowest BCUT2D eigenvalue weighted by molar-refractivity contribution is -0.137. The van der Waals surface area contributed by atoms with E-state index >= 15 is 0 Å². The van der Waals surface area contributed by atoms with Crippen LogP contribution in [0, 0.1) is 0 Å². The summed E-state index contributed by atoms with van der Waals surface area (Å²) in [5.41, 5.74) is 1.80. The number of hydrogen-bond acceptors (Lipinski definition) is 5. The maximum Gasteiger partial charge on any atom is 0.303 e. The van der Waals surface area contributed by atoms with Crippen LogP contribution >= 0.6 is 11.6 Å². The Morgan fingerprint density at radius 2 is 1.80 bits per heavy atom. The number of aliphatic carboxylic acids is 1. The van der Waals surface area contributed by atoms with Crippen LogP contribution in [0.1, 0.15) is 50.7 Å². The SMILES string of the molecule is CN(CC(O)CNC(C)(C)CCCc1ccccc1)S(=O)(=O)c1ccc(CCCC(=O)O)c(Cl)c1. The average molecular weight is 525 g/mol. The largest absolute Gasteiger partial charge is 0.481 e. The number of halogens is 1. The highest BCUT2D eigenvalue weighted by Gasteiger charge is 2.25. The number of nitrogens with zero attached hydrogens (tertiary/aromatic N) is 1. The molecule has 35 heavy (non-hydrogen) atoms. The number of rotatable bonds is 15. The van der Waals surface area contributed by atoms with Crippen molar-refractivity contribution in [2.75, 3.05) is 20.1 Å². The van der Waals surface area contributed by atoms with Gasteiger partial charge in [0.25, 0.3) is 0 Å². The molecule has 2 aromatic rings. The Morgan fingerprint density at radius 3 is 2.43 bits per heavy atom. The summed E-state index contributed by atoms with van der Waals surface area (Å²) < 4.78 is 27.1. The van der Waals surface area contributed by atoms with Crippen molar-refractivity contribution < 1.29 is 23.4 Å². The Hall–Kier alpha value is -1.97. The summed E-state index contributed by atoms with van der Waals surface area (Å²) in [4.78, 5) is 10.7. The minimum Gasteiger partial charge on any atom is -0.481 e. The number of aryl methyl sites for hydroxylation is 2. The van der Waals surface area contributed by atoms with Crippen molar-refractivity contribution in [2.24, 2.45) is 0 Å². The van der Waals surface area contributed by atoms with Crippen LogP contribution in [0.3, 0.4) is 0 Å². The molecule has 2 rings (SSSR count). The van der Waals surface area contributed by atoms with Crippen LogP contribution in [0.4, 0.5) is 0 Å². The van der Waals surface area contributed by atoms with Crippen LogP contribution in [0.5, 0.6) is 0 Å². The normalized spacial score (nSPS) is 13.2. The summed E-state index contributed by atoms with van der Waals surface area (Å²) in [6.45, 7) is 4.35. The molecule has 3 N–H and O–H groups in total. The van der Waals surface area contributed by atoms with Crippen LogP contribution < -0.4 is 5.32 Å². The predicted octanol–water partition coefficient (Wildman–Crippen LogP) is 4.12. The zero-order valence-electron chi connectivity index (χ0n) is 20.7. The number of hydrogen-bond donors (Lipinski definition) is 3. The molecule has 0 heterocycles. The molecule has 1 atom stereocenters. The first-order chi connectivity index (χ1) is 16.4. The van der Waals surface area contributed by atoms with Gasteiger partial charge in [-0.15, -0.1) is 0 Å². The Labute approximate surface area is 214 Å². The van der Waals surface area contributed by atoms with Crippen molar-refractivity contribution in [3.05, 3.63) is 64.7 Å². The lowest BCUT2D eigenvalue weighted by Crippen LogP contribution is -2.46. The molecule has 0 saturated heterocycles. The number of carboxylic acids is 1. The van der Waals surface area contributed by atoms with E-state index in [9.17, 15) is 18.3 Å². The smallest absolute Gasteiger partial charge is 0.303 e. The number of aliphatic hydroxyl groups is 1. The third-order valence-electron chi connectivity index (χ3n) is 5.96. The number of aliphatic hydroxyl groups excluding tert-OH is 1. The van der Waals surface area contributed by atoms with Gasteiger partial charge in [-0.2, -0.15) is 4.31 Å². The Kier molecular flexibility index (Phi) is 11.2. The van der Waals surface area contributed by atoms with E-state index in [4.69, 9.17) is 16.7 Å². The van der Waals surface area contributed by atoms with Gasteiger partial charge in [-0.05, 0) is 69.2 Å². The fourth-order valence-electron chi connectivity index (χ4n) is 3.82. The van der Waals surface area contributed by atoms with Gasteiger partial charge in [0.1, 0.15) is 0 Å². The first-order valence-electron chi connectivity index (χ1n) is 11.8. The number of likely N-dealkylation sites (N-methyl/N-ethyl adjacent to an activating group) is 1. The highest BCUT2D eigenvalue weighted by Crippen LogP contribution is 2.24. The van der Waals surface area contributed by atoms with E-state index in [1.165, 1.54) is 24.7 Å². The van der Waals surface area contributed by atoms with Gasteiger partial charge in [-0.1, -0.05) is 48.0 Å². The van der Waals surface area contributed by atoms with Crippen LogP contribution in [-0.2, 0) is 27.7 Å². The van der Waals surface area contributed by atoms with Gasteiger partial charge in [0.15, 0.2) is 0 Å². The van der Waals surface area contributed by atoms with Gasteiger partial charge in [-0.25, -0.2) is 8.42 Å². The molecule has 0 aromatic heterocycles. The van der Waals surface area contributed by atoms with Gasteiger partial charge >= 0.3 is 5.97 Å². The van der Waals surface area contributed by atoms with Crippen LogP contribution in [0.2, 0.25) is 5.02 Å². The first-order valence-corrected chi connectivity index (χ1v) is 13.7. The summed E-state index contributed by atoms with van der Waals surface area (Å²) in [5.74, 6) is -0.884. The summed E-state index contributed by atoms with van der Waals surface area (Å²) in [6, 6.07) is 14.7. The minimum absolute atomic E-state index is 0.0227. The van der Waals surface area contributed by atoms with Crippen molar-refractivity contribution >= 4 is 27.6 Å². The summed E-state index contributed by atoms with van der Waals surface area (Å²) in [5, 5.41) is 22.9. The van der Waals surface area contributed by atoms with Crippen molar-refractivity contribution in [3.63, 3.8) is 0 Å². The molecule has 0 radical (unpaired) electrons. The molecule has 0 fully saturated rings. The highest BCUT2D eigenvalue weighted by molar-refractivity contribution is 7.89. The maximum absolute atomic E-state index is 13.0. The average Bonchev–Trinajstić information content (AvgIpc) is 2.79. The van der Waals surface area contributed by atoms with E-state index in [1.54, 1.807) is 6.07 Å². The number of benzene rings is 2. The predicted molar refractivity (Wildman–Crippen MR) is 139 cm³/mol. The fourth-order valence-corrected chi connectivity index (χ4v) is 5.40. The number of carbonyl (C=O) groups is 1. The first kappa shape index (κ1) is 29.3. The van der Waals surface area contributed by atoms with Gasteiger partial charge in [-0.3, -0.25) is 4.79 Å². The lowest BCUT2D eigenvalue weighted by Gasteiger charge is -2.29. The third kappa shape index (κ3) is 9.89. The number of nitrogens with one attached hydrogen (secondary N) is 1. The quantitative estimate of drug-likeness (QED) is 0.323. The molecule has 0 bridgehead atoms. The van der Waals surface area contributed by atoms with Gasteiger partial charge in [0.05, 0.1) is 11.0 Å². The van der Waals surface area contributed by atoms with E-state index in [2.05, 4.69) is 31.3 Å².